The zero-order valence-electron chi connectivity index (χ0n) is 11.7. The highest BCUT2D eigenvalue weighted by Crippen LogP contribution is 2.22. The van der Waals surface area contributed by atoms with Crippen molar-refractivity contribution in [2.45, 2.75) is 6.92 Å². The molecule has 0 spiro atoms. The first-order valence-corrected chi connectivity index (χ1v) is 7.90. The van der Waals surface area contributed by atoms with Crippen LogP contribution < -0.4 is 5.56 Å². The summed E-state index contributed by atoms with van der Waals surface area (Å²) in [5.74, 6) is -0.304. The van der Waals surface area contributed by atoms with Crippen molar-refractivity contribution in [1.29, 1.82) is 0 Å². The highest BCUT2D eigenvalue weighted by atomic mass is 35.5. The molecule has 3 nitrogen and oxygen atoms in total. The summed E-state index contributed by atoms with van der Waals surface area (Å²) in [4.78, 5) is 28.0. The maximum absolute atomic E-state index is 12.4. The lowest BCUT2D eigenvalue weighted by atomic mass is 10.0. The van der Waals surface area contributed by atoms with Gasteiger partial charge in [-0.3, -0.25) is 9.59 Å². The number of thiophene rings is 1. The monoisotopic (exact) mass is 329 g/mol. The van der Waals surface area contributed by atoms with Crippen molar-refractivity contribution in [3.05, 3.63) is 73.9 Å². The van der Waals surface area contributed by atoms with Crippen molar-refractivity contribution in [3.8, 4) is 0 Å². The number of carbonyl (C=O) groups excluding carboxylic acids is 1. The fraction of sp³-hybridized carbons (Fsp3) is 0.0588. The molecule has 0 saturated carbocycles. The number of halogens is 1. The van der Waals surface area contributed by atoms with Crippen molar-refractivity contribution >= 4 is 45.0 Å². The van der Waals surface area contributed by atoms with Crippen LogP contribution in [-0.4, -0.2) is 10.8 Å². The average molecular weight is 330 g/mol. The lowest BCUT2D eigenvalue weighted by molar-refractivity contribution is 0.104. The molecule has 1 aromatic carbocycles. The number of benzene rings is 1. The van der Waals surface area contributed by atoms with Crippen molar-refractivity contribution in [2.24, 2.45) is 0 Å². The molecule has 2 heterocycles. The Morgan fingerprint density at radius 3 is 2.68 bits per heavy atom. The molecular weight excluding hydrogens is 318 g/mol. The van der Waals surface area contributed by atoms with E-state index in [-0.39, 0.29) is 16.9 Å². The second-order valence-corrected chi connectivity index (χ2v) is 6.22. The number of aromatic nitrogens is 1. The number of nitrogens with one attached hydrogen (secondary N) is 1. The van der Waals surface area contributed by atoms with Crippen molar-refractivity contribution in [3.63, 3.8) is 0 Å². The Morgan fingerprint density at radius 2 is 1.95 bits per heavy atom. The lowest BCUT2D eigenvalue weighted by Crippen LogP contribution is -2.18. The summed E-state index contributed by atoms with van der Waals surface area (Å²) in [6.07, 6.45) is 3.09. The Bertz CT molecular complexity index is 935. The van der Waals surface area contributed by atoms with E-state index in [1.165, 1.54) is 17.4 Å². The number of H-pyrrole nitrogens is 1. The van der Waals surface area contributed by atoms with Crippen LogP contribution in [0.4, 0.5) is 0 Å². The summed E-state index contributed by atoms with van der Waals surface area (Å²) in [5, 5.41) is 3.44. The van der Waals surface area contributed by atoms with Crippen LogP contribution in [0.3, 0.4) is 0 Å². The van der Waals surface area contributed by atoms with Crippen LogP contribution in [0.2, 0.25) is 5.02 Å². The molecule has 0 fully saturated rings. The minimum Gasteiger partial charge on any atom is -0.313 e. The SMILES string of the molecule is Cc1c(C(=O)C=Cc2ccc(Cl)cc2)c(=O)[nH]c2sccc12. The fourth-order valence-electron chi connectivity index (χ4n) is 2.30. The van der Waals surface area contributed by atoms with Gasteiger partial charge < -0.3 is 4.98 Å². The van der Waals surface area contributed by atoms with Gasteiger partial charge in [-0.25, -0.2) is 0 Å². The summed E-state index contributed by atoms with van der Waals surface area (Å²) in [6.45, 7) is 1.80. The van der Waals surface area contributed by atoms with Gasteiger partial charge in [0.1, 0.15) is 4.83 Å². The number of aromatic amines is 1. The number of pyridine rings is 1. The molecule has 3 aromatic rings. The van der Waals surface area contributed by atoms with Gasteiger partial charge in [0.05, 0.1) is 5.56 Å². The minimum absolute atomic E-state index is 0.191. The summed E-state index contributed by atoms with van der Waals surface area (Å²) in [6, 6.07) is 9.03. The third-order valence-electron chi connectivity index (χ3n) is 3.44. The number of hydrogen-bond donors (Lipinski definition) is 1. The van der Waals surface area contributed by atoms with Gasteiger partial charge in [-0.2, -0.15) is 0 Å². The Morgan fingerprint density at radius 1 is 1.23 bits per heavy atom. The van der Waals surface area contributed by atoms with E-state index in [1.807, 2.05) is 23.6 Å². The minimum atomic E-state index is -0.349. The molecule has 0 amide bonds. The molecule has 0 bridgehead atoms. The molecule has 0 atom stereocenters. The maximum Gasteiger partial charge on any atom is 0.260 e. The van der Waals surface area contributed by atoms with Crippen molar-refractivity contribution < 1.29 is 4.79 Å². The first-order valence-electron chi connectivity index (χ1n) is 6.64. The Hall–Kier alpha value is -2.17. The molecule has 5 heteroatoms. The number of aryl methyl sites for hydroxylation is 1. The van der Waals surface area contributed by atoms with Crippen molar-refractivity contribution in [1.82, 2.24) is 4.98 Å². The maximum atomic E-state index is 12.4. The summed E-state index contributed by atoms with van der Waals surface area (Å²) in [7, 11) is 0. The molecule has 22 heavy (non-hydrogen) atoms. The normalized spacial score (nSPS) is 11.4. The highest BCUT2D eigenvalue weighted by molar-refractivity contribution is 7.16. The van der Waals surface area contributed by atoms with E-state index in [4.69, 9.17) is 11.6 Å². The smallest absolute Gasteiger partial charge is 0.260 e. The van der Waals surface area contributed by atoms with Crippen LogP contribution in [0.25, 0.3) is 16.3 Å². The third-order valence-corrected chi connectivity index (χ3v) is 4.52. The molecule has 0 saturated heterocycles. The van der Waals surface area contributed by atoms with E-state index in [0.29, 0.717) is 10.6 Å². The molecule has 0 radical (unpaired) electrons. The number of hydrogen-bond acceptors (Lipinski definition) is 3. The predicted octanol–water partition coefficient (Wildman–Crippen LogP) is 4.45. The van der Waals surface area contributed by atoms with E-state index in [1.54, 1.807) is 25.1 Å². The Balaban J connectivity index is 1.98. The van der Waals surface area contributed by atoms with E-state index in [0.717, 1.165) is 15.8 Å². The highest BCUT2D eigenvalue weighted by Gasteiger charge is 2.14. The standard InChI is InChI=1S/C17H12ClNO2S/c1-10-13-8-9-22-17(13)19-16(21)15(10)14(20)7-4-11-2-5-12(18)6-3-11/h2-9H,1H3,(H,19,21). The van der Waals surface area contributed by atoms with Gasteiger partial charge in [-0.05, 0) is 47.7 Å². The van der Waals surface area contributed by atoms with Crippen LogP contribution >= 0.6 is 22.9 Å². The second kappa shape index (κ2) is 5.91. The van der Waals surface area contributed by atoms with Gasteiger partial charge in [0.2, 0.25) is 0 Å². The quantitative estimate of drug-likeness (QED) is 0.570. The largest absolute Gasteiger partial charge is 0.313 e. The molecule has 3 rings (SSSR count). The zero-order chi connectivity index (χ0) is 15.7. The average Bonchev–Trinajstić information content (AvgIpc) is 2.95. The van der Waals surface area contributed by atoms with Crippen LogP contribution in [-0.2, 0) is 0 Å². The number of rotatable bonds is 3. The predicted molar refractivity (Wildman–Crippen MR) is 92.0 cm³/mol. The van der Waals surface area contributed by atoms with Gasteiger partial charge in [-0.1, -0.05) is 29.8 Å². The van der Waals surface area contributed by atoms with Crippen molar-refractivity contribution in [2.75, 3.05) is 0 Å². The first-order chi connectivity index (χ1) is 10.6. The molecule has 0 aliphatic carbocycles. The molecular formula is C17H12ClNO2S. The number of ketones is 1. The van der Waals surface area contributed by atoms with E-state index < -0.39 is 0 Å². The summed E-state index contributed by atoms with van der Waals surface area (Å²) >= 11 is 7.27. The summed E-state index contributed by atoms with van der Waals surface area (Å²) in [5.41, 5.74) is 1.41. The van der Waals surface area contributed by atoms with Gasteiger partial charge in [-0.15, -0.1) is 11.3 Å². The lowest BCUT2D eigenvalue weighted by Gasteiger charge is -2.02. The van der Waals surface area contributed by atoms with Crippen LogP contribution in [0.1, 0.15) is 21.5 Å². The molecule has 0 aliphatic heterocycles. The van der Waals surface area contributed by atoms with Gasteiger partial charge in [0.15, 0.2) is 5.78 Å². The molecule has 110 valence electrons. The second-order valence-electron chi connectivity index (χ2n) is 4.87. The topological polar surface area (TPSA) is 49.9 Å². The molecule has 0 aliphatic rings. The molecule has 1 N–H and O–H groups in total. The van der Waals surface area contributed by atoms with E-state index >= 15 is 0 Å². The van der Waals surface area contributed by atoms with Gasteiger partial charge in [0, 0.05) is 10.4 Å². The fourth-order valence-corrected chi connectivity index (χ4v) is 3.26. The van der Waals surface area contributed by atoms with Crippen LogP contribution in [0.5, 0.6) is 0 Å². The number of allylic oxidation sites excluding steroid dienone is 1. The van der Waals surface area contributed by atoms with E-state index in [2.05, 4.69) is 4.98 Å². The third kappa shape index (κ3) is 2.75. The Labute approximate surface area is 135 Å². The van der Waals surface area contributed by atoms with Gasteiger partial charge in [0.25, 0.3) is 5.56 Å². The zero-order valence-corrected chi connectivity index (χ0v) is 13.3. The Kier molecular flexibility index (Phi) is 3.96. The van der Waals surface area contributed by atoms with E-state index in [9.17, 15) is 9.59 Å². The number of fused-ring (bicyclic) bond motifs is 1. The summed E-state index contributed by atoms with van der Waals surface area (Å²) < 4.78 is 0. The van der Waals surface area contributed by atoms with Crippen LogP contribution in [0, 0.1) is 6.92 Å². The first kappa shape index (κ1) is 14.8. The number of carbonyl (C=O) groups is 1. The van der Waals surface area contributed by atoms with Gasteiger partial charge >= 0.3 is 0 Å². The van der Waals surface area contributed by atoms with Crippen LogP contribution in [0.15, 0.2) is 46.6 Å². The molecule has 2 aromatic heterocycles. The molecule has 0 unspecified atom stereocenters.